The zero-order chi connectivity index (χ0) is 24.5. The van der Waals surface area contributed by atoms with Crippen molar-refractivity contribution in [2.75, 3.05) is 19.7 Å². The van der Waals surface area contributed by atoms with E-state index >= 15 is 0 Å². The van der Waals surface area contributed by atoms with Gasteiger partial charge >= 0.3 is 0 Å². The number of aliphatic hydroxyl groups is 1. The minimum absolute atomic E-state index is 0.0351. The second kappa shape index (κ2) is 17.3. The van der Waals surface area contributed by atoms with Crippen LogP contribution in [0.3, 0.4) is 0 Å². The highest BCUT2D eigenvalue weighted by Gasteiger charge is 2.34. The third kappa shape index (κ3) is 15.4. The molecule has 0 unspecified atom stereocenters. The fourth-order valence-electron chi connectivity index (χ4n) is 4.34. The summed E-state index contributed by atoms with van der Waals surface area (Å²) in [7, 11) is 0. The van der Waals surface area contributed by atoms with Crippen LogP contribution in [0.5, 0.6) is 0 Å². The van der Waals surface area contributed by atoms with Crippen LogP contribution >= 0.6 is 0 Å². The molecular weight excluding hydrogens is 416 g/mol. The van der Waals surface area contributed by atoms with Crippen molar-refractivity contribution in [2.24, 2.45) is 0 Å². The molecule has 0 aliphatic carbocycles. The zero-order valence-electron chi connectivity index (χ0n) is 22.0. The van der Waals surface area contributed by atoms with Gasteiger partial charge in [0.1, 0.15) is 0 Å². The van der Waals surface area contributed by atoms with E-state index in [1.165, 1.54) is 44.9 Å². The van der Waals surface area contributed by atoms with E-state index in [1.54, 1.807) is 4.90 Å². The van der Waals surface area contributed by atoms with Crippen LogP contribution in [0.25, 0.3) is 0 Å². The lowest BCUT2D eigenvalue weighted by atomic mass is 10.1. The third-order valence-corrected chi connectivity index (χ3v) is 6.32. The van der Waals surface area contributed by atoms with Gasteiger partial charge in [-0.25, -0.2) is 0 Å². The Morgan fingerprint density at radius 1 is 0.909 bits per heavy atom. The Balaban J connectivity index is 2.02. The lowest BCUT2D eigenvalue weighted by molar-refractivity contribution is -0.134. The van der Waals surface area contributed by atoms with Crippen LogP contribution in [0.15, 0.2) is 0 Å². The Morgan fingerprint density at radius 2 is 1.48 bits per heavy atom. The minimum Gasteiger partial charge on any atom is -0.391 e. The molecule has 1 saturated heterocycles. The van der Waals surface area contributed by atoms with Gasteiger partial charge in [0.2, 0.25) is 11.8 Å². The zero-order valence-corrected chi connectivity index (χ0v) is 22.0. The molecule has 2 amide bonds. The van der Waals surface area contributed by atoms with E-state index in [-0.39, 0.29) is 23.5 Å². The standard InChI is InChI=1S/C27H52N2O4/c1-5-6-7-8-9-10-11-12-14-17-25(31)28-19-16-13-15-18-26(32)29-21-24(30)20-23(29)22-33-27(2,3)4/h23-24,30H,5-22H2,1-4H3,(H,28,31)/t23-,24+/m0/s1. The second-order valence-electron chi connectivity index (χ2n) is 10.8. The van der Waals surface area contributed by atoms with Crippen molar-refractivity contribution in [3.8, 4) is 0 Å². The monoisotopic (exact) mass is 468 g/mol. The van der Waals surface area contributed by atoms with Gasteiger partial charge in [-0.3, -0.25) is 9.59 Å². The number of β-amino-alcohol motifs (C(OH)–C–C–N with tert-alkyl or cyclic N) is 1. The molecule has 0 bridgehead atoms. The lowest BCUT2D eigenvalue weighted by Gasteiger charge is -2.28. The number of nitrogens with one attached hydrogen (secondary N) is 1. The molecular formula is C27H52N2O4. The molecule has 0 aromatic carbocycles. The van der Waals surface area contributed by atoms with Crippen molar-refractivity contribution in [3.05, 3.63) is 0 Å². The highest BCUT2D eigenvalue weighted by atomic mass is 16.5. The van der Waals surface area contributed by atoms with Crippen LogP contribution < -0.4 is 5.32 Å². The van der Waals surface area contributed by atoms with Crippen LogP contribution in [-0.2, 0) is 14.3 Å². The summed E-state index contributed by atoms with van der Waals surface area (Å²) >= 11 is 0. The summed E-state index contributed by atoms with van der Waals surface area (Å²) in [5, 5.41) is 13.0. The molecule has 0 radical (unpaired) electrons. The van der Waals surface area contributed by atoms with Crippen molar-refractivity contribution in [1.29, 1.82) is 0 Å². The summed E-state index contributed by atoms with van der Waals surface area (Å²) in [5.74, 6) is 0.255. The van der Waals surface area contributed by atoms with Gasteiger partial charge in [0, 0.05) is 25.9 Å². The molecule has 2 N–H and O–H groups in total. The highest BCUT2D eigenvalue weighted by molar-refractivity contribution is 5.77. The average Bonchev–Trinajstić information content (AvgIpc) is 3.13. The molecule has 1 heterocycles. The van der Waals surface area contributed by atoms with E-state index in [0.717, 1.165) is 32.1 Å². The SMILES string of the molecule is CCCCCCCCCCCC(=O)NCCCCCC(=O)N1C[C@H](O)C[C@H]1COC(C)(C)C. The van der Waals surface area contributed by atoms with Crippen molar-refractivity contribution in [2.45, 2.75) is 142 Å². The first kappa shape index (κ1) is 29.9. The first-order valence-corrected chi connectivity index (χ1v) is 13.6. The van der Waals surface area contributed by atoms with Crippen molar-refractivity contribution >= 4 is 11.8 Å². The number of rotatable bonds is 18. The summed E-state index contributed by atoms with van der Waals surface area (Å²) in [6.45, 7) is 9.81. The molecule has 1 fully saturated rings. The normalized spacial score (nSPS) is 18.6. The number of hydrogen-bond donors (Lipinski definition) is 2. The second-order valence-corrected chi connectivity index (χ2v) is 10.8. The summed E-state index contributed by atoms with van der Waals surface area (Å²) in [4.78, 5) is 26.4. The fraction of sp³-hybridized carbons (Fsp3) is 0.926. The fourth-order valence-corrected chi connectivity index (χ4v) is 4.34. The molecule has 1 aliphatic heterocycles. The van der Waals surface area contributed by atoms with Gasteiger partial charge in [0.05, 0.1) is 24.4 Å². The smallest absolute Gasteiger partial charge is 0.222 e. The number of amides is 2. The van der Waals surface area contributed by atoms with Gasteiger partial charge in [0.25, 0.3) is 0 Å². The number of carbonyl (C=O) groups is 2. The number of ether oxygens (including phenoxy) is 1. The average molecular weight is 469 g/mol. The van der Waals surface area contributed by atoms with Crippen molar-refractivity contribution in [3.63, 3.8) is 0 Å². The molecule has 2 atom stereocenters. The van der Waals surface area contributed by atoms with Gasteiger partial charge in [-0.1, -0.05) is 64.7 Å². The Kier molecular flexibility index (Phi) is 15.7. The Labute approximate surface area is 203 Å². The van der Waals surface area contributed by atoms with E-state index in [4.69, 9.17) is 4.74 Å². The van der Waals surface area contributed by atoms with Gasteiger partial charge in [0.15, 0.2) is 0 Å². The molecule has 0 saturated carbocycles. The van der Waals surface area contributed by atoms with Gasteiger partial charge < -0.3 is 20.1 Å². The maximum atomic E-state index is 12.6. The maximum Gasteiger partial charge on any atom is 0.222 e. The van der Waals surface area contributed by atoms with Crippen LogP contribution in [0.2, 0.25) is 0 Å². The molecule has 0 spiro atoms. The first-order valence-electron chi connectivity index (χ1n) is 13.6. The number of aliphatic hydroxyl groups excluding tert-OH is 1. The molecule has 0 aromatic heterocycles. The topological polar surface area (TPSA) is 78.9 Å². The summed E-state index contributed by atoms with van der Waals surface area (Å²) < 4.78 is 5.84. The molecule has 33 heavy (non-hydrogen) atoms. The molecule has 1 rings (SSSR count). The summed E-state index contributed by atoms with van der Waals surface area (Å²) in [6, 6.07) is -0.0351. The Hall–Kier alpha value is -1.14. The van der Waals surface area contributed by atoms with Gasteiger partial charge in [-0.15, -0.1) is 0 Å². The van der Waals surface area contributed by atoms with Crippen LogP contribution in [0.4, 0.5) is 0 Å². The van der Waals surface area contributed by atoms with Crippen LogP contribution in [0.1, 0.15) is 124 Å². The van der Waals surface area contributed by atoms with E-state index < -0.39 is 6.10 Å². The largest absolute Gasteiger partial charge is 0.391 e. The van der Waals surface area contributed by atoms with Crippen LogP contribution in [0, 0.1) is 0 Å². The Morgan fingerprint density at radius 3 is 2.12 bits per heavy atom. The molecule has 6 nitrogen and oxygen atoms in total. The minimum atomic E-state index is -0.455. The molecule has 6 heteroatoms. The quantitative estimate of drug-likeness (QED) is 0.265. The number of carbonyl (C=O) groups excluding carboxylic acids is 2. The van der Waals surface area contributed by atoms with E-state index in [1.807, 2.05) is 20.8 Å². The molecule has 194 valence electrons. The number of likely N-dealkylation sites (tertiary alicyclic amines) is 1. The van der Waals surface area contributed by atoms with Crippen molar-refractivity contribution in [1.82, 2.24) is 10.2 Å². The molecule has 0 aromatic rings. The summed E-state index contributed by atoms with van der Waals surface area (Å²) in [5.41, 5.74) is -0.249. The van der Waals surface area contributed by atoms with Crippen LogP contribution in [-0.4, -0.2) is 59.3 Å². The van der Waals surface area contributed by atoms with E-state index in [9.17, 15) is 14.7 Å². The van der Waals surface area contributed by atoms with Gasteiger partial charge in [-0.05, 0) is 46.5 Å². The lowest BCUT2D eigenvalue weighted by Crippen LogP contribution is -2.40. The highest BCUT2D eigenvalue weighted by Crippen LogP contribution is 2.22. The Bertz CT molecular complexity index is 533. The predicted molar refractivity (Wildman–Crippen MR) is 135 cm³/mol. The number of hydrogen-bond acceptors (Lipinski definition) is 4. The molecule has 1 aliphatic rings. The van der Waals surface area contributed by atoms with E-state index in [0.29, 0.717) is 39.0 Å². The van der Waals surface area contributed by atoms with E-state index in [2.05, 4.69) is 12.2 Å². The number of unbranched alkanes of at least 4 members (excludes halogenated alkanes) is 10. The summed E-state index contributed by atoms with van der Waals surface area (Å²) in [6.07, 6.45) is 15.3. The van der Waals surface area contributed by atoms with Gasteiger partial charge in [-0.2, -0.15) is 0 Å². The first-order chi connectivity index (χ1) is 15.7. The number of nitrogens with zero attached hydrogens (tertiary/aromatic N) is 1. The van der Waals surface area contributed by atoms with Crippen molar-refractivity contribution < 1.29 is 19.4 Å². The maximum absolute atomic E-state index is 12.6. The predicted octanol–water partition coefficient (Wildman–Crippen LogP) is 5.36. The third-order valence-electron chi connectivity index (χ3n) is 6.32.